The molecule has 0 spiro atoms. The van der Waals surface area contributed by atoms with Crippen LogP contribution in [0.2, 0.25) is 0 Å². The summed E-state index contributed by atoms with van der Waals surface area (Å²) in [5, 5.41) is 2.94. The van der Waals surface area contributed by atoms with Crippen molar-refractivity contribution >= 4 is 28.3 Å². The van der Waals surface area contributed by atoms with Gasteiger partial charge in [-0.2, -0.15) is 0 Å². The van der Waals surface area contributed by atoms with Gasteiger partial charge in [-0.05, 0) is 48.9 Å². The zero-order chi connectivity index (χ0) is 19.4. The molecule has 3 rings (SSSR count). The molecule has 0 saturated heterocycles. The van der Waals surface area contributed by atoms with Gasteiger partial charge in [-0.1, -0.05) is 36.4 Å². The third-order valence-electron chi connectivity index (χ3n) is 4.83. The summed E-state index contributed by atoms with van der Waals surface area (Å²) in [4.78, 5) is 12.7. The lowest BCUT2D eigenvalue weighted by Crippen LogP contribution is -2.42. The van der Waals surface area contributed by atoms with Gasteiger partial charge >= 0.3 is 0 Å². The van der Waals surface area contributed by atoms with Crippen LogP contribution in [-0.4, -0.2) is 26.9 Å². The molecule has 152 valence electrons. The van der Waals surface area contributed by atoms with Crippen LogP contribution in [0.15, 0.2) is 53.4 Å². The molecule has 1 fully saturated rings. The van der Waals surface area contributed by atoms with Crippen molar-refractivity contribution < 1.29 is 13.2 Å². The average molecular weight is 424 g/mol. The number of rotatable bonds is 8. The molecule has 1 aliphatic carbocycles. The Kier molecular flexibility index (Phi) is 7.60. The first-order valence-electron chi connectivity index (χ1n) is 9.06. The molecular formula is C20H26ClN3O3S. The Morgan fingerprint density at radius 1 is 1.18 bits per heavy atom. The van der Waals surface area contributed by atoms with Gasteiger partial charge in [0.25, 0.3) is 5.91 Å². The number of halogens is 1. The van der Waals surface area contributed by atoms with Crippen LogP contribution in [0.4, 0.5) is 0 Å². The Morgan fingerprint density at radius 2 is 1.86 bits per heavy atom. The molecule has 1 saturated carbocycles. The van der Waals surface area contributed by atoms with Crippen molar-refractivity contribution in [1.29, 1.82) is 0 Å². The highest BCUT2D eigenvalue weighted by atomic mass is 35.5. The number of hydrogen-bond donors (Lipinski definition) is 3. The van der Waals surface area contributed by atoms with Crippen molar-refractivity contribution in [3.05, 3.63) is 65.2 Å². The number of nitrogens with two attached hydrogens (primary N) is 1. The standard InChI is InChI=1S/C20H25N3O3S.ClH/c1-14-7-10-17(27(25,26)22-13-15-5-3-2-4-6-15)11-18(14)20(24)23-19(12-21)16-8-9-16;/h2-7,10-11,16,19,22H,8-9,12-13,21H2,1H3,(H,23,24);1H. The number of amides is 1. The van der Waals surface area contributed by atoms with Gasteiger partial charge in [0.2, 0.25) is 10.0 Å². The number of hydrogen-bond acceptors (Lipinski definition) is 4. The Hall–Kier alpha value is -1.93. The molecule has 1 amide bonds. The molecule has 2 aromatic carbocycles. The molecule has 0 heterocycles. The Bertz CT molecular complexity index is 916. The topological polar surface area (TPSA) is 101 Å². The zero-order valence-corrected chi connectivity index (χ0v) is 17.4. The number of carbonyl (C=O) groups excluding carboxylic acids is 1. The van der Waals surface area contributed by atoms with Crippen molar-refractivity contribution in [2.75, 3.05) is 6.54 Å². The van der Waals surface area contributed by atoms with Crippen molar-refractivity contribution in [3.8, 4) is 0 Å². The quantitative estimate of drug-likeness (QED) is 0.606. The molecule has 8 heteroatoms. The van der Waals surface area contributed by atoms with Crippen LogP contribution < -0.4 is 15.8 Å². The lowest BCUT2D eigenvalue weighted by atomic mass is 10.1. The molecule has 0 radical (unpaired) electrons. The number of carbonyl (C=O) groups is 1. The van der Waals surface area contributed by atoms with Crippen molar-refractivity contribution in [3.63, 3.8) is 0 Å². The van der Waals surface area contributed by atoms with Crippen LogP contribution in [0.5, 0.6) is 0 Å². The maximum Gasteiger partial charge on any atom is 0.251 e. The van der Waals surface area contributed by atoms with Crippen LogP contribution in [0.1, 0.15) is 34.3 Å². The third kappa shape index (κ3) is 5.54. The third-order valence-corrected chi connectivity index (χ3v) is 6.23. The van der Waals surface area contributed by atoms with E-state index in [1.807, 2.05) is 30.3 Å². The van der Waals surface area contributed by atoms with Crippen LogP contribution >= 0.6 is 12.4 Å². The maximum atomic E-state index is 12.6. The fourth-order valence-electron chi connectivity index (χ4n) is 2.98. The van der Waals surface area contributed by atoms with Gasteiger partial charge in [-0.25, -0.2) is 13.1 Å². The summed E-state index contributed by atoms with van der Waals surface area (Å²) < 4.78 is 27.8. The molecule has 0 aliphatic heterocycles. The van der Waals surface area contributed by atoms with Gasteiger partial charge in [-0.15, -0.1) is 12.4 Å². The lowest BCUT2D eigenvalue weighted by molar-refractivity contribution is 0.0932. The highest BCUT2D eigenvalue weighted by molar-refractivity contribution is 7.89. The Labute approximate surface area is 172 Å². The van der Waals surface area contributed by atoms with Gasteiger partial charge in [0.05, 0.1) is 4.90 Å². The lowest BCUT2D eigenvalue weighted by Gasteiger charge is -2.17. The molecule has 1 unspecified atom stereocenters. The van der Waals surface area contributed by atoms with E-state index in [9.17, 15) is 13.2 Å². The highest BCUT2D eigenvalue weighted by Gasteiger charge is 2.31. The summed E-state index contributed by atoms with van der Waals surface area (Å²) >= 11 is 0. The minimum Gasteiger partial charge on any atom is -0.348 e. The number of nitrogens with one attached hydrogen (secondary N) is 2. The first kappa shape index (κ1) is 22.4. The predicted molar refractivity (Wildman–Crippen MR) is 112 cm³/mol. The number of benzene rings is 2. The first-order chi connectivity index (χ1) is 12.9. The van der Waals surface area contributed by atoms with E-state index < -0.39 is 10.0 Å². The fourth-order valence-corrected chi connectivity index (χ4v) is 4.03. The zero-order valence-electron chi connectivity index (χ0n) is 15.7. The maximum absolute atomic E-state index is 12.6. The molecule has 2 aromatic rings. The van der Waals surface area contributed by atoms with E-state index in [2.05, 4.69) is 10.0 Å². The molecule has 6 nitrogen and oxygen atoms in total. The summed E-state index contributed by atoms with van der Waals surface area (Å²) in [6.07, 6.45) is 2.14. The molecule has 28 heavy (non-hydrogen) atoms. The number of aryl methyl sites for hydroxylation is 1. The summed E-state index contributed by atoms with van der Waals surface area (Å²) in [5.41, 5.74) is 7.70. The summed E-state index contributed by atoms with van der Waals surface area (Å²) in [5.74, 6) is 0.147. The fraction of sp³-hybridized carbons (Fsp3) is 0.350. The van der Waals surface area contributed by atoms with E-state index in [1.54, 1.807) is 13.0 Å². The SMILES string of the molecule is Cc1ccc(S(=O)(=O)NCc2ccccc2)cc1C(=O)NC(CN)C1CC1.Cl. The van der Waals surface area contributed by atoms with Crippen LogP contribution in [-0.2, 0) is 16.6 Å². The minimum absolute atomic E-state index is 0. The molecule has 0 bridgehead atoms. The summed E-state index contributed by atoms with van der Waals surface area (Å²) in [6.45, 7) is 2.36. The van der Waals surface area contributed by atoms with Gasteiger partial charge in [0, 0.05) is 24.7 Å². The number of sulfonamides is 1. The predicted octanol–water partition coefficient (Wildman–Crippen LogP) is 2.36. The van der Waals surface area contributed by atoms with E-state index in [4.69, 9.17) is 5.73 Å². The molecule has 0 aromatic heterocycles. The van der Waals surface area contributed by atoms with E-state index in [1.165, 1.54) is 12.1 Å². The van der Waals surface area contributed by atoms with Crippen LogP contribution in [0.3, 0.4) is 0 Å². The highest BCUT2D eigenvalue weighted by Crippen LogP contribution is 2.32. The van der Waals surface area contributed by atoms with Crippen molar-refractivity contribution in [1.82, 2.24) is 10.0 Å². The van der Waals surface area contributed by atoms with Gasteiger partial charge in [-0.3, -0.25) is 4.79 Å². The van der Waals surface area contributed by atoms with Gasteiger partial charge in [0.15, 0.2) is 0 Å². The monoisotopic (exact) mass is 423 g/mol. The summed E-state index contributed by atoms with van der Waals surface area (Å²) in [7, 11) is -3.72. The molecule has 4 N–H and O–H groups in total. The first-order valence-corrected chi connectivity index (χ1v) is 10.5. The Morgan fingerprint density at radius 3 is 2.46 bits per heavy atom. The van der Waals surface area contributed by atoms with Crippen molar-refractivity contribution in [2.45, 2.75) is 37.2 Å². The van der Waals surface area contributed by atoms with E-state index in [-0.39, 0.29) is 35.8 Å². The second-order valence-electron chi connectivity index (χ2n) is 6.94. The van der Waals surface area contributed by atoms with E-state index in [0.717, 1.165) is 24.0 Å². The summed E-state index contributed by atoms with van der Waals surface area (Å²) in [6, 6.07) is 13.8. The van der Waals surface area contributed by atoms with Gasteiger partial charge < -0.3 is 11.1 Å². The molecule has 1 aliphatic rings. The second-order valence-corrected chi connectivity index (χ2v) is 8.71. The van der Waals surface area contributed by atoms with E-state index >= 15 is 0 Å². The Balaban J connectivity index is 0.00000280. The smallest absolute Gasteiger partial charge is 0.251 e. The van der Waals surface area contributed by atoms with Crippen molar-refractivity contribution in [2.24, 2.45) is 11.7 Å². The average Bonchev–Trinajstić information content (AvgIpc) is 3.50. The molecule has 1 atom stereocenters. The normalized spacial score (nSPS) is 14.8. The van der Waals surface area contributed by atoms with E-state index in [0.29, 0.717) is 18.0 Å². The second kappa shape index (κ2) is 9.52. The van der Waals surface area contributed by atoms with Gasteiger partial charge in [0.1, 0.15) is 0 Å². The van der Waals surface area contributed by atoms with Crippen LogP contribution in [0, 0.1) is 12.8 Å². The van der Waals surface area contributed by atoms with Crippen LogP contribution in [0.25, 0.3) is 0 Å². The largest absolute Gasteiger partial charge is 0.348 e. The molecular weight excluding hydrogens is 398 g/mol. The minimum atomic E-state index is -3.72.